The lowest BCUT2D eigenvalue weighted by Gasteiger charge is -2.35. The van der Waals surface area contributed by atoms with E-state index in [1.807, 2.05) is 12.1 Å². The molecule has 1 fully saturated rings. The van der Waals surface area contributed by atoms with Crippen LogP contribution in [0, 0.1) is 0 Å². The van der Waals surface area contributed by atoms with Crippen molar-refractivity contribution in [3.63, 3.8) is 0 Å². The Morgan fingerprint density at radius 1 is 1.55 bits per heavy atom. The van der Waals surface area contributed by atoms with Crippen molar-refractivity contribution >= 4 is 11.6 Å². The smallest absolute Gasteiger partial charge is 0.269 e. The van der Waals surface area contributed by atoms with Crippen LogP contribution in [0.1, 0.15) is 36.7 Å². The number of pyridine rings is 1. The van der Waals surface area contributed by atoms with Gasteiger partial charge in [0.05, 0.1) is 0 Å². The highest BCUT2D eigenvalue weighted by atomic mass is 16.1. The molecule has 5 nitrogen and oxygen atoms in total. The predicted octanol–water partition coefficient (Wildman–Crippen LogP) is 1.41. The number of amides is 1. The first-order valence-electron chi connectivity index (χ1n) is 7.41. The number of hydrogen-bond donors (Lipinski definition) is 2. The summed E-state index contributed by atoms with van der Waals surface area (Å²) in [4.78, 5) is 18.1. The maximum Gasteiger partial charge on any atom is 0.269 e. The van der Waals surface area contributed by atoms with Gasteiger partial charge in [-0.05, 0) is 37.9 Å². The number of carbonyl (C=O) groups is 1. The molecule has 2 N–H and O–H groups in total. The molecule has 1 aliphatic heterocycles. The lowest BCUT2D eigenvalue weighted by molar-refractivity contribution is 0.0958. The molecular formula is C15H24N4O. The predicted molar refractivity (Wildman–Crippen MR) is 81.2 cm³/mol. The van der Waals surface area contributed by atoms with Gasteiger partial charge < -0.3 is 15.5 Å². The Bertz CT molecular complexity index is 449. The minimum atomic E-state index is -0.135. The Balaban J connectivity index is 2.04. The first-order valence-corrected chi connectivity index (χ1v) is 7.41. The fraction of sp³-hybridized carbons (Fsp3) is 0.600. The first-order chi connectivity index (χ1) is 9.74. The molecule has 2 rings (SSSR count). The van der Waals surface area contributed by atoms with Gasteiger partial charge in [0.25, 0.3) is 5.91 Å². The van der Waals surface area contributed by atoms with Crippen molar-refractivity contribution < 1.29 is 4.79 Å². The number of piperidine rings is 1. The molecule has 1 amide bonds. The first kappa shape index (κ1) is 14.8. The molecule has 1 aromatic rings. The molecule has 110 valence electrons. The van der Waals surface area contributed by atoms with E-state index in [-0.39, 0.29) is 5.91 Å². The Kier molecular flexibility index (Phi) is 5.35. The molecule has 0 spiro atoms. The summed E-state index contributed by atoms with van der Waals surface area (Å²) >= 11 is 0. The maximum atomic E-state index is 11.6. The van der Waals surface area contributed by atoms with E-state index in [1.54, 1.807) is 13.2 Å². The van der Waals surface area contributed by atoms with Crippen molar-refractivity contribution in [2.45, 2.75) is 32.2 Å². The van der Waals surface area contributed by atoms with Gasteiger partial charge in [0.2, 0.25) is 0 Å². The van der Waals surface area contributed by atoms with Crippen LogP contribution < -0.4 is 15.5 Å². The van der Waals surface area contributed by atoms with Crippen LogP contribution >= 0.6 is 0 Å². The summed E-state index contributed by atoms with van der Waals surface area (Å²) in [7, 11) is 1.63. The fourth-order valence-electron chi connectivity index (χ4n) is 2.60. The maximum absolute atomic E-state index is 11.6. The zero-order valence-corrected chi connectivity index (χ0v) is 12.4. The lowest BCUT2D eigenvalue weighted by atomic mass is 10.0. The number of carbonyl (C=O) groups excluding carboxylic acids is 1. The number of hydrogen-bond acceptors (Lipinski definition) is 4. The van der Waals surface area contributed by atoms with Crippen LogP contribution in [0.15, 0.2) is 18.3 Å². The zero-order valence-electron chi connectivity index (χ0n) is 12.4. The summed E-state index contributed by atoms with van der Waals surface area (Å²) in [5, 5.41) is 6.20. The standard InChI is InChI=1S/C15H24N4O/c1-3-7-17-12-5-4-9-19(11-12)13-6-8-18-14(10-13)15(20)16-2/h6,8,10,12,17H,3-5,7,9,11H2,1-2H3,(H,16,20). The fourth-order valence-corrected chi connectivity index (χ4v) is 2.60. The Hall–Kier alpha value is -1.62. The second-order valence-electron chi connectivity index (χ2n) is 5.22. The van der Waals surface area contributed by atoms with Gasteiger partial charge in [0, 0.05) is 38.1 Å². The van der Waals surface area contributed by atoms with Crippen LogP contribution in [-0.2, 0) is 0 Å². The molecule has 0 radical (unpaired) electrons. The van der Waals surface area contributed by atoms with E-state index in [0.29, 0.717) is 11.7 Å². The van der Waals surface area contributed by atoms with Crippen LogP contribution in [0.3, 0.4) is 0 Å². The second kappa shape index (κ2) is 7.24. The number of aromatic nitrogens is 1. The summed E-state index contributed by atoms with van der Waals surface area (Å²) in [5.41, 5.74) is 1.57. The Labute approximate surface area is 120 Å². The van der Waals surface area contributed by atoms with Crippen molar-refractivity contribution in [1.82, 2.24) is 15.6 Å². The lowest BCUT2D eigenvalue weighted by Crippen LogP contribution is -2.46. The molecule has 0 bridgehead atoms. The van der Waals surface area contributed by atoms with Crippen molar-refractivity contribution in [3.05, 3.63) is 24.0 Å². The molecule has 0 aliphatic carbocycles. The normalized spacial score (nSPS) is 18.9. The van der Waals surface area contributed by atoms with Crippen molar-refractivity contribution in [2.24, 2.45) is 0 Å². The van der Waals surface area contributed by atoms with Gasteiger partial charge in [-0.3, -0.25) is 9.78 Å². The molecule has 1 aliphatic rings. The van der Waals surface area contributed by atoms with E-state index in [0.717, 1.165) is 31.7 Å². The summed E-state index contributed by atoms with van der Waals surface area (Å²) in [6.45, 7) is 5.29. The van der Waals surface area contributed by atoms with E-state index in [1.165, 1.54) is 12.8 Å². The van der Waals surface area contributed by atoms with E-state index in [9.17, 15) is 4.79 Å². The molecule has 1 atom stereocenters. The molecule has 0 saturated carbocycles. The van der Waals surface area contributed by atoms with Gasteiger partial charge in [0.1, 0.15) is 5.69 Å². The van der Waals surface area contributed by atoms with Crippen LogP contribution in [0.2, 0.25) is 0 Å². The third-order valence-electron chi connectivity index (χ3n) is 3.67. The highest BCUT2D eigenvalue weighted by Gasteiger charge is 2.20. The van der Waals surface area contributed by atoms with E-state index >= 15 is 0 Å². The quantitative estimate of drug-likeness (QED) is 0.854. The molecule has 1 aromatic heterocycles. The van der Waals surface area contributed by atoms with Gasteiger partial charge >= 0.3 is 0 Å². The summed E-state index contributed by atoms with van der Waals surface area (Å²) in [6, 6.07) is 4.40. The summed E-state index contributed by atoms with van der Waals surface area (Å²) in [6.07, 6.45) is 5.28. The monoisotopic (exact) mass is 276 g/mol. The zero-order chi connectivity index (χ0) is 14.4. The topological polar surface area (TPSA) is 57.3 Å². The van der Waals surface area contributed by atoms with E-state index < -0.39 is 0 Å². The van der Waals surface area contributed by atoms with Gasteiger partial charge in [-0.15, -0.1) is 0 Å². The van der Waals surface area contributed by atoms with Crippen LogP contribution in [-0.4, -0.2) is 43.6 Å². The molecule has 0 aromatic carbocycles. The van der Waals surface area contributed by atoms with Crippen molar-refractivity contribution in [3.8, 4) is 0 Å². The number of nitrogens with one attached hydrogen (secondary N) is 2. The molecule has 2 heterocycles. The van der Waals surface area contributed by atoms with Crippen molar-refractivity contribution in [1.29, 1.82) is 0 Å². The third-order valence-corrected chi connectivity index (χ3v) is 3.67. The molecule has 1 saturated heterocycles. The number of nitrogens with zero attached hydrogens (tertiary/aromatic N) is 2. The van der Waals surface area contributed by atoms with Gasteiger partial charge in [0.15, 0.2) is 0 Å². The molecule has 20 heavy (non-hydrogen) atoms. The van der Waals surface area contributed by atoms with Gasteiger partial charge in [-0.2, -0.15) is 0 Å². The summed E-state index contributed by atoms with van der Waals surface area (Å²) in [5.74, 6) is -0.135. The highest BCUT2D eigenvalue weighted by molar-refractivity contribution is 5.92. The molecular weight excluding hydrogens is 252 g/mol. The van der Waals surface area contributed by atoms with Crippen molar-refractivity contribution in [2.75, 3.05) is 31.6 Å². The third kappa shape index (κ3) is 3.70. The van der Waals surface area contributed by atoms with Gasteiger partial charge in [-0.1, -0.05) is 6.92 Å². The SMILES string of the molecule is CCCNC1CCCN(c2ccnc(C(=O)NC)c2)C1. The highest BCUT2D eigenvalue weighted by Crippen LogP contribution is 2.20. The largest absolute Gasteiger partial charge is 0.370 e. The van der Waals surface area contributed by atoms with Crippen LogP contribution in [0.25, 0.3) is 0 Å². The average Bonchev–Trinajstić information content (AvgIpc) is 2.52. The molecule has 1 unspecified atom stereocenters. The average molecular weight is 276 g/mol. The minimum absolute atomic E-state index is 0.135. The Morgan fingerprint density at radius 2 is 2.40 bits per heavy atom. The second-order valence-corrected chi connectivity index (χ2v) is 5.22. The Morgan fingerprint density at radius 3 is 3.15 bits per heavy atom. The van der Waals surface area contributed by atoms with Gasteiger partial charge in [-0.25, -0.2) is 0 Å². The number of rotatable bonds is 5. The van der Waals surface area contributed by atoms with Crippen LogP contribution in [0.5, 0.6) is 0 Å². The molecule has 5 heteroatoms. The minimum Gasteiger partial charge on any atom is -0.370 e. The van der Waals surface area contributed by atoms with E-state index in [2.05, 4.69) is 27.4 Å². The van der Waals surface area contributed by atoms with Crippen LogP contribution in [0.4, 0.5) is 5.69 Å². The number of anilines is 1. The van der Waals surface area contributed by atoms with E-state index in [4.69, 9.17) is 0 Å². The summed E-state index contributed by atoms with van der Waals surface area (Å²) < 4.78 is 0.